The first-order valence-electron chi connectivity index (χ1n) is 6.66. The molecule has 112 valence electrons. The molecule has 1 unspecified atom stereocenters. The Kier molecular flexibility index (Phi) is 4.69. The van der Waals surface area contributed by atoms with Crippen LogP contribution in [0.5, 0.6) is 0 Å². The van der Waals surface area contributed by atoms with Gasteiger partial charge in [0.2, 0.25) is 0 Å². The van der Waals surface area contributed by atoms with Crippen LogP contribution >= 0.6 is 0 Å². The van der Waals surface area contributed by atoms with E-state index in [2.05, 4.69) is 10.6 Å². The first kappa shape index (κ1) is 14.9. The normalized spacial score (nSPS) is 23.9. The molecule has 7 heteroatoms. The van der Waals surface area contributed by atoms with Gasteiger partial charge in [-0.05, 0) is 49.7 Å². The number of piperidine rings is 1. The summed E-state index contributed by atoms with van der Waals surface area (Å²) in [4.78, 5) is 10.8. The summed E-state index contributed by atoms with van der Waals surface area (Å²) in [5.74, 6) is -1.43. The summed E-state index contributed by atoms with van der Waals surface area (Å²) in [5.41, 5.74) is 0.699. The van der Waals surface area contributed by atoms with Crippen LogP contribution in [0.15, 0.2) is 23.9 Å². The summed E-state index contributed by atoms with van der Waals surface area (Å²) >= 11 is 0. The molecule has 0 aromatic carbocycles. The third-order valence-electron chi connectivity index (χ3n) is 3.58. The van der Waals surface area contributed by atoms with Crippen LogP contribution in [0.25, 0.3) is 0 Å². The van der Waals surface area contributed by atoms with E-state index in [0.717, 1.165) is 25.9 Å². The number of nitrogens with one attached hydrogen (secondary N) is 3. The van der Waals surface area contributed by atoms with E-state index in [1.54, 1.807) is 12.3 Å². The molecule has 2 aliphatic heterocycles. The van der Waals surface area contributed by atoms with Crippen molar-refractivity contribution in [2.75, 3.05) is 19.6 Å². The molecule has 1 atom stereocenters. The number of rotatable bonds is 3. The number of halogens is 3. The van der Waals surface area contributed by atoms with E-state index in [4.69, 9.17) is 0 Å². The summed E-state index contributed by atoms with van der Waals surface area (Å²) in [6, 6.07) is 0.125. The lowest BCUT2D eigenvalue weighted by Gasteiger charge is -2.31. The average molecular weight is 289 g/mol. The second-order valence-electron chi connectivity index (χ2n) is 5.04. The third-order valence-corrected chi connectivity index (χ3v) is 3.58. The highest BCUT2D eigenvalue weighted by molar-refractivity contribution is 5.81. The number of alkyl halides is 3. The molecule has 1 fully saturated rings. The molecule has 1 saturated heterocycles. The Morgan fingerprint density at radius 3 is 2.70 bits per heavy atom. The van der Waals surface area contributed by atoms with E-state index in [0.29, 0.717) is 11.5 Å². The van der Waals surface area contributed by atoms with Crippen LogP contribution in [-0.4, -0.2) is 37.8 Å². The minimum absolute atomic E-state index is 0.0992. The highest BCUT2D eigenvalue weighted by atomic mass is 19.4. The zero-order valence-electron chi connectivity index (χ0n) is 11.0. The quantitative estimate of drug-likeness (QED) is 0.728. The largest absolute Gasteiger partial charge is 0.471 e. The van der Waals surface area contributed by atoms with Gasteiger partial charge in [0.25, 0.3) is 0 Å². The summed E-state index contributed by atoms with van der Waals surface area (Å²) in [7, 11) is 0. The Morgan fingerprint density at radius 2 is 2.05 bits per heavy atom. The van der Waals surface area contributed by atoms with Gasteiger partial charge in [0.1, 0.15) is 0 Å². The molecule has 4 nitrogen and oxygen atoms in total. The van der Waals surface area contributed by atoms with Crippen molar-refractivity contribution >= 4 is 5.91 Å². The molecule has 0 aromatic rings. The molecule has 0 spiro atoms. The van der Waals surface area contributed by atoms with Crippen molar-refractivity contribution in [3.05, 3.63) is 23.9 Å². The predicted octanol–water partition coefficient (Wildman–Crippen LogP) is 1.08. The van der Waals surface area contributed by atoms with Crippen molar-refractivity contribution < 1.29 is 18.0 Å². The van der Waals surface area contributed by atoms with Crippen LogP contribution in [0, 0.1) is 5.92 Å². The van der Waals surface area contributed by atoms with Crippen LogP contribution in [0.4, 0.5) is 13.2 Å². The first-order chi connectivity index (χ1) is 9.47. The number of hydrogen-bond acceptors (Lipinski definition) is 3. The van der Waals surface area contributed by atoms with E-state index in [1.165, 1.54) is 0 Å². The molecule has 0 radical (unpaired) electrons. The van der Waals surface area contributed by atoms with E-state index in [1.807, 2.05) is 11.4 Å². The predicted molar refractivity (Wildman–Crippen MR) is 68.8 cm³/mol. The van der Waals surface area contributed by atoms with E-state index in [-0.39, 0.29) is 12.6 Å². The van der Waals surface area contributed by atoms with E-state index < -0.39 is 12.1 Å². The molecular weight excluding hydrogens is 271 g/mol. The van der Waals surface area contributed by atoms with E-state index >= 15 is 0 Å². The fourth-order valence-electron chi connectivity index (χ4n) is 2.48. The number of dihydropyridines is 1. The van der Waals surface area contributed by atoms with Crippen molar-refractivity contribution in [2.45, 2.75) is 25.1 Å². The highest BCUT2D eigenvalue weighted by Crippen LogP contribution is 2.21. The smallest absolute Gasteiger partial charge is 0.384 e. The Labute approximate surface area is 115 Å². The fraction of sp³-hybridized carbons (Fsp3) is 0.615. The van der Waals surface area contributed by atoms with Gasteiger partial charge >= 0.3 is 12.1 Å². The van der Waals surface area contributed by atoms with Gasteiger partial charge in [0.15, 0.2) is 0 Å². The van der Waals surface area contributed by atoms with Crippen LogP contribution in [0.3, 0.4) is 0 Å². The van der Waals surface area contributed by atoms with Crippen molar-refractivity contribution in [3.63, 3.8) is 0 Å². The minimum atomic E-state index is -4.83. The lowest BCUT2D eigenvalue weighted by Crippen LogP contribution is -2.41. The Bertz CT molecular complexity index is 412. The lowest BCUT2D eigenvalue weighted by molar-refractivity contribution is -0.173. The summed E-state index contributed by atoms with van der Waals surface area (Å²) in [5, 5.41) is 8.38. The Hall–Kier alpha value is -1.50. The second-order valence-corrected chi connectivity index (χ2v) is 5.04. The van der Waals surface area contributed by atoms with Crippen molar-refractivity contribution in [3.8, 4) is 0 Å². The van der Waals surface area contributed by atoms with Crippen LogP contribution in [-0.2, 0) is 4.79 Å². The molecule has 0 bridgehead atoms. The average Bonchev–Trinajstić information content (AvgIpc) is 2.45. The number of amides is 1. The van der Waals surface area contributed by atoms with Crippen molar-refractivity contribution in [1.82, 2.24) is 16.0 Å². The SMILES string of the molecule is O=C(NCC1=CC(C2CCNCC2)NC=C1)C(F)(F)F. The molecule has 0 aliphatic carbocycles. The monoisotopic (exact) mass is 289 g/mol. The maximum absolute atomic E-state index is 12.1. The standard InChI is InChI=1S/C13H18F3N3O/c14-13(15,16)12(20)19-8-9-1-6-18-11(7-9)10-2-4-17-5-3-10/h1,6-7,10-11,17-18H,2-5,8H2,(H,19,20). The molecule has 2 rings (SSSR count). The summed E-state index contributed by atoms with van der Waals surface area (Å²) in [6.07, 6.45) is 2.57. The molecule has 2 aliphatic rings. The molecule has 1 amide bonds. The Morgan fingerprint density at radius 1 is 1.35 bits per heavy atom. The van der Waals surface area contributed by atoms with Gasteiger partial charge in [-0.25, -0.2) is 0 Å². The topological polar surface area (TPSA) is 53.2 Å². The van der Waals surface area contributed by atoms with Gasteiger partial charge < -0.3 is 16.0 Å². The molecule has 3 N–H and O–H groups in total. The highest BCUT2D eigenvalue weighted by Gasteiger charge is 2.38. The van der Waals surface area contributed by atoms with E-state index in [9.17, 15) is 18.0 Å². The summed E-state index contributed by atoms with van der Waals surface area (Å²) < 4.78 is 36.3. The van der Waals surface area contributed by atoms with Crippen molar-refractivity contribution in [2.24, 2.45) is 5.92 Å². The van der Waals surface area contributed by atoms with Crippen molar-refractivity contribution in [1.29, 1.82) is 0 Å². The maximum atomic E-state index is 12.1. The maximum Gasteiger partial charge on any atom is 0.471 e. The zero-order valence-corrected chi connectivity index (χ0v) is 11.0. The molecule has 0 saturated carbocycles. The number of carbonyl (C=O) groups is 1. The molecular formula is C13H18F3N3O. The zero-order chi connectivity index (χ0) is 14.6. The van der Waals surface area contributed by atoms with Crippen LogP contribution in [0.1, 0.15) is 12.8 Å². The minimum Gasteiger partial charge on any atom is -0.384 e. The first-order valence-corrected chi connectivity index (χ1v) is 6.66. The van der Waals surface area contributed by atoms with Gasteiger partial charge in [-0.2, -0.15) is 13.2 Å². The molecule has 20 heavy (non-hydrogen) atoms. The second kappa shape index (κ2) is 6.30. The summed E-state index contributed by atoms with van der Waals surface area (Å²) in [6.45, 7) is 1.82. The van der Waals surface area contributed by atoms with Crippen LogP contribution in [0.2, 0.25) is 0 Å². The number of hydrogen-bond donors (Lipinski definition) is 3. The van der Waals surface area contributed by atoms with Gasteiger partial charge in [0, 0.05) is 12.6 Å². The van der Waals surface area contributed by atoms with Gasteiger partial charge in [0.05, 0.1) is 0 Å². The van der Waals surface area contributed by atoms with Gasteiger partial charge in [-0.1, -0.05) is 6.08 Å². The van der Waals surface area contributed by atoms with Crippen LogP contribution < -0.4 is 16.0 Å². The van der Waals surface area contributed by atoms with Gasteiger partial charge in [-0.3, -0.25) is 4.79 Å². The molecule has 2 heterocycles. The lowest BCUT2D eigenvalue weighted by atomic mass is 9.88. The Balaban J connectivity index is 1.89. The number of carbonyl (C=O) groups excluding carboxylic acids is 1. The fourth-order valence-corrected chi connectivity index (χ4v) is 2.48. The molecule has 0 aromatic heterocycles. The third kappa shape index (κ3) is 4.00. The van der Waals surface area contributed by atoms with Gasteiger partial charge in [-0.15, -0.1) is 0 Å².